The number of para-hydroxylation sites is 1. The van der Waals surface area contributed by atoms with E-state index in [-0.39, 0.29) is 11.6 Å². The van der Waals surface area contributed by atoms with Crippen molar-refractivity contribution in [2.45, 2.75) is 26.8 Å². The summed E-state index contributed by atoms with van der Waals surface area (Å²) in [5.41, 5.74) is 1.25. The maximum atomic E-state index is 13.1. The topological polar surface area (TPSA) is 119 Å². The Labute approximate surface area is 149 Å². The first-order valence-electron chi connectivity index (χ1n) is 8.27. The molecule has 0 spiro atoms. The van der Waals surface area contributed by atoms with Gasteiger partial charge in [0.05, 0.1) is 16.1 Å². The summed E-state index contributed by atoms with van der Waals surface area (Å²) in [7, 11) is 0. The molecule has 0 fully saturated rings. The van der Waals surface area contributed by atoms with Crippen molar-refractivity contribution in [3.05, 3.63) is 51.2 Å². The zero-order valence-electron chi connectivity index (χ0n) is 14.7. The number of carbonyl (C=O) groups excluding carboxylic acids is 1. The fraction of sp³-hybridized carbons (Fsp3) is 0.375. The van der Waals surface area contributed by atoms with Gasteiger partial charge >= 0.3 is 0 Å². The number of aromatic nitrogens is 4. The first-order chi connectivity index (χ1) is 12.5. The van der Waals surface area contributed by atoms with Gasteiger partial charge in [0.1, 0.15) is 6.04 Å². The lowest BCUT2D eigenvalue weighted by atomic mass is 9.93. The SMILES string of the molecule is CCN(CC)C(=O)C1=C(C)Nc2nnnn2C1c1ccccc1[N+](=O)[O-]. The average molecular weight is 357 g/mol. The lowest BCUT2D eigenvalue weighted by molar-refractivity contribution is -0.385. The van der Waals surface area contributed by atoms with Crippen molar-refractivity contribution < 1.29 is 9.72 Å². The standard InChI is InChI=1S/C16H19N7O3/c1-4-21(5-2)15(24)13-10(3)17-16-18-19-20-22(16)14(13)11-8-6-7-9-12(11)23(25)26/h6-9,14H,4-5H2,1-3H3,(H,17,18,20). The van der Waals surface area contributed by atoms with Crippen molar-refractivity contribution in [1.82, 2.24) is 25.1 Å². The Hall–Kier alpha value is -3.30. The number of carbonyl (C=O) groups is 1. The molecule has 0 saturated carbocycles. The van der Waals surface area contributed by atoms with Gasteiger partial charge in [-0.2, -0.15) is 4.68 Å². The number of allylic oxidation sites excluding steroid dienone is 1. The molecule has 26 heavy (non-hydrogen) atoms. The number of tetrazole rings is 1. The van der Waals surface area contributed by atoms with Gasteiger partial charge in [-0.25, -0.2) is 0 Å². The lowest BCUT2D eigenvalue weighted by Crippen LogP contribution is -2.38. The number of amides is 1. The van der Waals surface area contributed by atoms with E-state index in [1.54, 1.807) is 30.0 Å². The zero-order chi connectivity index (χ0) is 18.8. The van der Waals surface area contributed by atoms with Crippen LogP contribution in [-0.2, 0) is 4.79 Å². The second kappa shape index (κ2) is 6.90. The Balaban J connectivity index is 2.22. The van der Waals surface area contributed by atoms with Crippen LogP contribution in [-0.4, -0.2) is 49.0 Å². The molecule has 1 atom stereocenters. The highest BCUT2D eigenvalue weighted by molar-refractivity contribution is 5.97. The van der Waals surface area contributed by atoms with E-state index in [2.05, 4.69) is 20.8 Å². The van der Waals surface area contributed by atoms with Crippen molar-refractivity contribution in [2.24, 2.45) is 0 Å². The summed E-state index contributed by atoms with van der Waals surface area (Å²) in [5.74, 6) is 0.131. The molecule has 0 bridgehead atoms. The van der Waals surface area contributed by atoms with Crippen molar-refractivity contribution in [3.8, 4) is 0 Å². The number of hydrogen-bond acceptors (Lipinski definition) is 7. The molecule has 2 heterocycles. The van der Waals surface area contributed by atoms with E-state index in [1.165, 1.54) is 10.7 Å². The maximum Gasteiger partial charge on any atom is 0.275 e. The van der Waals surface area contributed by atoms with Gasteiger partial charge < -0.3 is 10.2 Å². The third-order valence-corrected chi connectivity index (χ3v) is 4.42. The second-order valence-corrected chi connectivity index (χ2v) is 5.81. The number of likely N-dealkylation sites (N-methyl/N-ethyl adjacent to an activating group) is 1. The zero-order valence-corrected chi connectivity index (χ0v) is 14.7. The third-order valence-electron chi connectivity index (χ3n) is 4.42. The van der Waals surface area contributed by atoms with Crippen LogP contribution in [0.4, 0.5) is 11.6 Å². The minimum atomic E-state index is -0.782. The van der Waals surface area contributed by atoms with Crippen LogP contribution in [0.5, 0.6) is 0 Å². The Morgan fingerprint density at radius 1 is 1.35 bits per heavy atom. The largest absolute Gasteiger partial charge is 0.339 e. The Bertz CT molecular complexity index is 885. The molecule has 1 unspecified atom stereocenters. The van der Waals surface area contributed by atoms with Gasteiger partial charge in [0.2, 0.25) is 5.95 Å². The number of rotatable bonds is 5. The van der Waals surface area contributed by atoms with E-state index in [9.17, 15) is 14.9 Å². The molecule has 0 aliphatic carbocycles. The predicted molar refractivity (Wildman–Crippen MR) is 93.3 cm³/mol. The number of nitrogens with one attached hydrogen (secondary N) is 1. The molecule has 2 aromatic rings. The molecule has 1 aromatic carbocycles. The molecule has 1 N–H and O–H groups in total. The molecule has 1 amide bonds. The predicted octanol–water partition coefficient (Wildman–Crippen LogP) is 1.74. The Kier molecular flexibility index (Phi) is 4.65. The number of benzene rings is 1. The van der Waals surface area contributed by atoms with Gasteiger partial charge in [-0.05, 0) is 37.3 Å². The molecule has 3 rings (SSSR count). The van der Waals surface area contributed by atoms with Gasteiger partial charge in [-0.3, -0.25) is 14.9 Å². The van der Waals surface area contributed by atoms with Gasteiger partial charge in [0.25, 0.3) is 11.6 Å². The normalized spacial score (nSPS) is 16.0. The van der Waals surface area contributed by atoms with Crippen molar-refractivity contribution >= 4 is 17.5 Å². The minimum Gasteiger partial charge on any atom is -0.339 e. The average Bonchev–Trinajstić information content (AvgIpc) is 3.09. The van der Waals surface area contributed by atoms with Crippen LogP contribution < -0.4 is 5.32 Å². The number of anilines is 1. The van der Waals surface area contributed by atoms with Gasteiger partial charge in [-0.15, -0.1) is 0 Å². The fourth-order valence-corrected chi connectivity index (χ4v) is 3.14. The summed E-state index contributed by atoms with van der Waals surface area (Å²) in [4.78, 5) is 25.9. The van der Waals surface area contributed by atoms with E-state index in [0.29, 0.717) is 35.9 Å². The van der Waals surface area contributed by atoms with Crippen molar-refractivity contribution in [3.63, 3.8) is 0 Å². The Morgan fingerprint density at radius 2 is 2.04 bits per heavy atom. The van der Waals surface area contributed by atoms with E-state index >= 15 is 0 Å². The Morgan fingerprint density at radius 3 is 2.69 bits per heavy atom. The van der Waals surface area contributed by atoms with Gasteiger partial charge in [0.15, 0.2) is 0 Å². The molecule has 0 saturated heterocycles. The minimum absolute atomic E-state index is 0.0847. The highest BCUT2D eigenvalue weighted by Gasteiger charge is 2.38. The maximum absolute atomic E-state index is 13.1. The number of fused-ring (bicyclic) bond motifs is 1. The van der Waals surface area contributed by atoms with Gasteiger partial charge in [-0.1, -0.05) is 17.2 Å². The molecular formula is C16H19N7O3. The monoisotopic (exact) mass is 357 g/mol. The fourth-order valence-electron chi connectivity index (χ4n) is 3.14. The lowest BCUT2D eigenvalue weighted by Gasteiger charge is -2.30. The smallest absolute Gasteiger partial charge is 0.275 e. The summed E-state index contributed by atoms with van der Waals surface area (Å²) in [6.45, 7) is 6.57. The molecule has 136 valence electrons. The van der Waals surface area contributed by atoms with Crippen molar-refractivity contribution in [1.29, 1.82) is 0 Å². The first-order valence-corrected chi connectivity index (χ1v) is 8.27. The molecule has 10 nitrogen and oxygen atoms in total. The van der Waals surface area contributed by atoms with E-state index < -0.39 is 11.0 Å². The van der Waals surface area contributed by atoms with Crippen LogP contribution in [0, 0.1) is 10.1 Å². The van der Waals surface area contributed by atoms with Crippen LogP contribution >= 0.6 is 0 Å². The van der Waals surface area contributed by atoms with Crippen LogP contribution in [0.2, 0.25) is 0 Å². The van der Waals surface area contributed by atoms with Crippen LogP contribution in [0.1, 0.15) is 32.4 Å². The number of nitrogens with zero attached hydrogens (tertiary/aromatic N) is 6. The summed E-state index contributed by atoms with van der Waals surface area (Å²) < 4.78 is 1.41. The summed E-state index contributed by atoms with van der Waals surface area (Å²) in [5, 5.41) is 26.1. The van der Waals surface area contributed by atoms with E-state index in [1.807, 2.05) is 13.8 Å². The van der Waals surface area contributed by atoms with Crippen LogP contribution in [0.15, 0.2) is 35.5 Å². The molecule has 1 aliphatic rings. The molecule has 1 aromatic heterocycles. The number of nitro benzene ring substituents is 1. The van der Waals surface area contributed by atoms with E-state index in [0.717, 1.165) is 0 Å². The van der Waals surface area contributed by atoms with Crippen LogP contribution in [0.3, 0.4) is 0 Å². The summed E-state index contributed by atoms with van der Waals surface area (Å²) >= 11 is 0. The van der Waals surface area contributed by atoms with Crippen LogP contribution in [0.25, 0.3) is 0 Å². The van der Waals surface area contributed by atoms with Gasteiger partial charge in [0, 0.05) is 24.9 Å². The molecule has 10 heteroatoms. The molecule has 1 aliphatic heterocycles. The second-order valence-electron chi connectivity index (χ2n) is 5.81. The van der Waals surface area contributed by atoms with E-state index in [4.69, 9.17) is 0 Å². The third kappa shape index (κ3) is 2.79. The molecular weight excluding hydrogens is 338 g/mol. The van der Waals surface area contributed by atoms with Crippen molar-refractivity contribution in [2.75, 3.05) is 18.4 Å². The number of hydrogen-bond donors (Lipinski definition) is 1. The highest BCUT2D eigenvalue weighted by atomic mass is 16.6. The summed E-state index contributed by atoms with van der Waals surface area (Å²) in [6.07, 6.45) is 0. The first kappa shape index (κ1) is 17.5. The highest BCUT2D eigenvalue weighted by Crippen LogP contribution is 2.38. The quantitative estimate of drug-likeness (QED) is 0.639. The molecule has 0 radical (unpaired) electrons. The number of nitro groups is 1. The summed E-state index contributed by atoms with van der Waals surface area (Å²) in [6, 6.07) is 5.55.